The van der Waals surface area contributed by atoms with Crippen LogP contribution in [0, 0.1) is 0 Å². The van der Waals surface area contributed by atoms with Gasteiger partial charge in [-0.3, -0.25) is 0 Å². The number of hydrogen-bond donors (Lipinski definition) is 1. The maximum absolute atomic E-state index is 10.7. The monoisotopic (exact) mass is 236 g/mol. The average Bonchev–Trinajstić information content (AvgIpc) is 2.31. The fourth-order valence-corrected chi connectivity index (χ4v) is 5.23. The van der Waals surface area contributed by atoms with Gasteiger partial charge in [0, 0.05) is 6.61 Å². The highest BCUT2D eigenvalue weighted by atomic mass is 28.4. The van der Waals surface area contributed by atoms with Gasteiger partial charge in [0.2, 0.25) is 0 Å². The Labute approximate surface area is 98.5 Å². The maximum atomic E-state index is 10.7. The first-order valence-corrected chi connectivity index (χ1v) is 8.27. The Morgan fingerprint density at radius 2 is 2.12 bits per heavy atom. The molecule has 0 spiro atoms. The van der Waals surface area contributed by atoms with Gasteiger partial charge in [0.05, 0.1) is 0 Å². The first kappa shape index (κ1) is 11.8. The lowest BCUT2D eigenvalue weighted by molar-refractivity contribution is 0.214. The van der Waals surface area contributed by atoms with Gasteiger partial charge in [0.25, 0.3) is 0 Å². The minimum Gasteiger partial charge on any atom is -0.407 e. The number of benzene rings is 1. The second kappa shape index (κ2) is 5.12. The van der Waals surface area contributed by atoms with Crippen molar-refractivity contribution < 1.29 is 9.22 Å². The zero-order valence-electron chi connectivity index (χ0n) is 9.91. The third kappa shape index (κ3) is 2.37. The van der Waals surface area contributed by atoms with Crippen molar-refractivity contribution in [2.75, 3.05) is 6.61 Å². The van der Waals surface area contributed by atoms with Crippen molar-refractivity contribution in [3.05, 3.63) is 29.8 Å². The summed E-state index contributed by atoms with van der Waals surface area (Å²) in [7, 11) is -2.59. The Morgan fingerprint density at radius 1 is 1.31 bits per heavy atom. The molecular weight excluding hydrogens is 216 g/mol. The van der Waals surface area contributed by atoms with Crippen LogP contribution in [0.3, 0.4) is 0 Å². The summed E-state index contributed by atoms with van der Waals surface area (Å²) >= 11 is 0. The molecule has 1 N–H and O–H groups in total. The van der Waals surface area contributed by atoms with Gasteiger partial charge in [-0.25, -0.2) is 0 Å². The molecule has 1 heterocycles. The molecule has 1 unspecified atom stereocenters. The molecule has 1 aliphatic rings. The number of aryl methyl sites for hydroxylation is 1. The van der Waals surface area contributed by atoms with Crippen molar-refractivity contribution in [3.8, 4) is 0 Å². The van der Waals surface area contributed by atoms with Crippen LogP contribution in [0.25, 0.3) is 0 Å². The summed E-state index contributed by atoms with van der Waals surface area (Å²) in [5.74, 6) is 0. The second-order valence-electron chi connectivity index (χ2n) is 4.50. The van der Waals surface area contributed by atoms with E-state index in [9.17, 15) is 4.80 Å². The molecule has 2 rings (SSSR count). The van der Waals surface area contributed by atoms with Crippen LogP contribution < -0.4 is 5.19 Å². The quantitative estimate of drug-likeness (QED) is 0.814. The summed E-state index contributed by atoms with van der Waals surface area (Å²) in [5.41, 5.74) is 1.28. The third-order valence-electron chi connectivity index (χ3n) is 3.21. The van der Waals surface area contributed by atoms with Crippen LogP contribution in [-0.2, 0) is 10.8 Å². The van der Waals surface area contributed by atoms with Gasteiger partial charge in [-0.05, 0) is 36.1 Å². The highest BCUT2D eigenvalue weighted by Gasteiger charge is 2.39. The molecule has 0 aromatic heterocycles. The van der Waals surface area contributed by atoms with Gasteiger partial charge in [0.15, 0.2) is 0 Å². The maximum Gasteiger partial charge on any atom is 0.370 e. The van der Waals surface area contributed by atoms with E-state index < -0.39 is 8.56 Å². The van der Waals surface area contributed by atoms with Crippen LogP contribution in [-0.4, -0.2) is 20.0 Å². The average molecular weight is 236 g/mol. The molecule has 1 fully saturated rings. The van der Waals surface area contributed by atoms with Crippen LogP contribution in [0.15, 0.2) is 24.3 Å². The van der Waals surface area contributed by atoms with E-state index >= 15 is 0 Å². The molecule has 88 valence electrons. The molecule has 0 radical (unpaired) electrons. The van der Waals surface area contributed by atoms with Gasteiger partial charge in [-0.15, -0.1) is 0 Å². The van der Waals surface area contributed by atoms with Gasteiger partial charge in [-0.1, -0.05) is 37.6 Å². The third-order valence-corrected chi connectivity index (χ3v) is 6.25. The first-order valence-electron chi connectivity index (χ1n) is 6.21. The molecular formula is C13H20O2Si. The molecule has 1 atom stereocenters. The summed E-state index contributed by atoms with van der Waals surface area (Å²) in [4.78, 5) is 10.7. The molecule has 0 amide bonds. The highest BCUT2D eigenvalue weighted by Crippen LogP contribution is 2.20. The molecule has 0 bridgehead atoms. The zero-order valence-corrected chi connectivity index (χ0v) is 10.9. The van der Waals surface area contributed by atoms with Crippen LogP contribution in [0.2, 0.25) is 6.04 Å². The predicted molar refractivity (Wildman–Crippen MR) is 68.0 cm³/mol. The van der Waals surface area contributed by atoms with E-state index in [2.05, 4.69) is 25.1 Å². The second-order valence-corrected chi connectivity index (χ2v) is 7.39. The SMILES string of the molecule is CCCc1ccccc1[Si]1(O)CCCCO1. The molecule has 1 saturated heterocycles. The van der Waals surface area contributed by atoms with Gasteiger partial charge in [0.1, 0.15) is 0 Å². The van der Waals surface area contributed by atoms with Crippen LogP contribution in [0.1, 0.15) is 31.7 Å². The summed E-state index contributed by atoms with van der Waals surface area (Å²) in [6, 6.07) is 9.10. The van der Waals surface area contributed by atoms with E-state index in [4.69, 9.17) is 4.43 Å². The standard InChI is InChI=1S/C13H20O2Si/c1-2-7-12-8-3-4-9-13(12)16(14)11-6-5-10-15-16/h3-4,8-9,14H,2,5-7,10-11H2,1H3. The number of hydrogen-bond acceptors (Lipinski definition) is 2. The summed E-state index contributed by atoms with van der Waals surface area (Å²) in [5, 5.41) is 1.11. The lowest BCUT2D eigenvalue weighted by Gasteiger charge is -2.30. The van der Waals surface area contributed by atoms with E-state index in [0.29, 0.717) is 0 Å². The van der Waals surface area contributed by atoms with Crippen LogP contribution in [0.4, 0.5) is 0 Å². The van der Waals surface area contributed by atoms with Gasteiger partial charge in [-0.2, -0.15) is 0 Å². The Bertz CT molecular complexity index is 346. The molecule has 16 heavy (non-hydrogen) atoms. The molecule has 1 aromatic carbocycles. The molecule has 2 nitrogen and oxygen atoms in total. The van der Waals surface area contributed by atoms with Gasteiger partial charge < -0.3 is 9.22 Å². The Kier molecular flexibility index (Phi) is 3.79. The van der Waals surface area contributed by atoms with Crippen molar-refractivity contribution in [2.24, 2.45) is 0 Å². The van der Waals surface area contributed by atoms with Crippen molar-refractivity contribution in [3.63, 3.8) is 0 Å². The summed E-state index contributed by atoms with van der Waals surface area (Å²) in [6.07, 6.45) is 4.34. The first-order chi connectivity index (χ1) is 7.76. The minimum absolute atomic E-state index is 0.725. The largest absolute Gasteiger partial charge is 0.407 e. The zero-order chi connectivity index (χ0) is 11.4. The predicted octanol–water partition coefficient (Wildman–Crippen LogP) is 2.09. The Morgan fingerprint density at radius 3 is 2.81 bits per heavy atom. The summed E-state index contributed by atoms with van der Waals surface area (Å²) in [6.45, 7) is 2.90. The van der Waals surface area contributed by atoms with Crippen molar-refractivity contribution in [1.29, 1.82) is 0 Å². The lowest BCUT2D eigenvalue weighted by atomic mass is 10.1. The Balaban J connectivity index is 2.30. The number of rotatable bonds is 3. The molecule has 0 aliphatic carbocycles. The highest BCUT2D eigenvalue weighted by molar-refractivity contribution is 6.80. The molecule has 0 saturated carbocycles. The minimum atomic E-state index is -2.59. The van der Waals surface area contributed by atoms with E-state index in [-0.39, 0.29) is 0 Å². The summed E-state index contributed by atoms with van der Waals surface area (Å²) < 4.78 is 5.73. The van der Waals surface area contributed by atoms with Crippen LogP contribution in [0.5, 0.6) is 0 Å². The fraction of sp³-hybridized carbons (Fsp3) is 0.538. The lowest BCUT2D eigenvalue weighted by Crippen LogP contribution is -2.54. The van der Waals surface area contributed by atoms with E-state index in [1.54, 1.807) is 0 Å². The van der Waals surface area contributed by atoms with Crippen molar-refractivity contribution >= 4 is 13.7 Å². The van der Waals surface area contributed by atoms with E-state index in [1.165, 1.54) is 5.56 Å². The van der Waals surface area contributed by atoms with Crippen LogP contribution >= 0.6 is 0 Å². The van der Waals surface area contributed by atoms with E-state index in [0.717, 1.165) is 43.5 Å². The molecule has 1 aliphatic heterocycles. The van der Waals surface area contributed by atoms with E-state index in [1.807, 2.05) is 6.07 Å². The normalized spacial score (nSPS) is 25.6. The fourth-order valence-electron chi connectivity index (χ4n) is 2.38. The molecule has 3 heteroatoms. The van der Waals surface area contributed by atoms with Crippen molar-refractivity contribution in [2.45, 2.75) is 38.7 Å². The topological polar surface area (TPSA) is 29.5 Å². The Hall–Kier alpha value is -0.643. The molecule has 1 aromatic rings. The smallest absolute Gasteiger partial charge is 0.370 e. The van der Waals surface area contributed by atoms with Crippen molar-refractivity contribution in [1.82, 2.24) is 0 Å². The van der Waals surface area contributed by atoms with Gasteiger partial charge >= 0.3 is 8.56 Å².